The van der Waals surface area contributed by atoms with E-state index in [-0.39, 0.29) is 51.0 Å². The summed E-state index contributed by atoms with van der Waals surface area (Å²) in [6.07, 6.45) is 10.00. The molecule has 2 aliphatic rings. The van der Waals surface area contributed by atoms with Crippen LogP contribution in [0.4, 0.5) is 0 Å². The van der Waals surface area contributed by atoms with Gasteiger partial charge in [-0.1, -0.05) is 75.9 Å². The first-order valence-corrected chi connectivity index (χ1v) is 10.4. The van der Waals surface area contributed by atoms with E-state index in [4.69, 9.17) is 0 Å². The molecule has 1 aliphatic carbocycles. The van der Waals surface area contributed by atoms with Gasteiger partial charge >= 0.3 is 26.2 Å². The number of allylic oxidation sites excluding steroid dienone is 2. The Morgan fingerprint density at radius 2 is 1.69 bits per heavy atom. The van der Waals surface area contributed by atoms with Crippen molar-refractivity contribution in [2.24, 2.45) is 5.92 Å². The summed E-state index contributed by atoms with van der Waals surface area (Å²) in [5, 5.41) is 2.75. The van der Waals surface area contributed by atoms with Crippen LogP contribution < -0.4 is 24.8 Å². The third kappa shape index (κ3) is 5.90. The molecule has 0 spiro atoms. The minimum absolute atomic E-state index is 0. The fourth-order valence-corrected chi connectivity index (χ4v) is 4.11. The number of rotatable bonds is 2. The zero-order valence-corrected chi connectivity index (χ0v) is 23.3. The Labute approximate surface area is 224 Å². The largest absolute Gasteiger partial charge is 4.00 e. The Morgan fingerprint density at radius 3 is 2.31 bits per heavy atom. The Morgan fingerprint density at radius 1 is 1.00 bits per heavy atom. The summed E-state index contributed by atoms with van der Waals surface area (Å²) in [5.41, 5.74) is 7.99. The number of nitrogens with zero attached hydrogens (tertiary/aromatic N) is 1. The van der Waals surface area contributed by atoms with Crippen LogP contribution >= 0.6 is 0 Å². The maximum Gasteiger partial charge on any atom is 4.00 e. The van der Waals surface area contributed by atoms with E-state index in [0.717, 1.165) is 0 Å². The van der Waals surface area contributed by atoms with Crippen molar-refractivity contribution in [3.8, 4) is 11.1 Å². The Kier molecular flexibility index (Phi) is 10.8. The van der Waals surface area contributed by atoms with E-state index in [2.05, 4.69) is 119 Å². The maximum absolute atomic E-state index is 3.43. The quantitative estimate of drug-likeness (QED) is 0.438. The minimum Gasteiger partial charge on any atom is -1.00 e. The molecule has 4 heteroatoms. The number of benzene rings is 2. The van der Waals surface area contributed by atoms with Crippen LogP contribution in [0.2, 0.25) is 0 Å². The second kappa shape index (κ2) is 12.1. The number of fused-ring (bicyclic) bond motifs is 2. The Hall–Kier alpha value is -1.47. The molecule has 1 unspecified atom stereocenters. The van der Waals surface area contributed by atoms with Crippen molar-refractivity contribution < 1.29 is 51.0 Å². The molecule has 5 rings (SSSR count). The topological polar surface area (TPSA) is 3.24 Å². The van der Waals surface area contributed by atoms with Crippen molar-refractivity contribution in [2.75, 3.05) is 7.05 Å². The average molecular weight is 542 g/mol. The van der Waals surface area contributed by atoms with Gasteiger partial charge in [-0.2, -0.15) is 23.8 Å². The molecule has 1 atom stereocenters. The number of aryl methyl sites for hydroxylation is 2. The van der Waals surface area contributed by atoms with E-state index in [9.17, 15) is 0 Å². The van der Waals surface area contributed by atoms with Crippen LogP contribution in [0.3, 0.4) is 0 Å². The predicted molar refractivity (Wildman–Crippen MR) is 125 cm³/mol. The van der Waals surface area contributed by atoms with Crippen LogP contribution in [0.5, 0.6) is 0 Å². The van der Waals surface area contributed by atoms with E-state index in [1.54, 1.807) is 0 Å². The summed E-state index contributed by atoms with van der Waals surface area (Å²) in [7, 11) is 2.11. The van der Waals surface area contributed by atoms with Gasteiger partial charge in [-0.15, -0.1) is 45.7 Å². The standard InChI is InChI=1S/C17H15.C11H14N.2ClH.Zr/c1-12-10-16-13(2)8-9-15(17(16)11-12)14-6-4-3-5-7-14;1-8(2)10-6-9-4-5-12(3)11(9)7-10;;;/h3-11H,1-2H3;4-5,7-8,11H,1-3H3;2*1H;/q2*-1;;;+4/p-2. The zero-order chi connectivity index (χ0) is 20.5. The van der Waals surface area contributed by atoms with Crippen molar-refractivity contribution in [2.45, 2.75) is 33.7 Å². The summed E-state index contributed by atoms with van der Waals surface area (Å²) >= 11 is 0. The van der Waals surface area contributed by atoms with Crippen molar-refractivity contribution in [3.05, 3.63) is 101 Å². The number of hydrogen-bond donors (Lipinski definition) is 0. The van der Waals surface area contributed by atoms with Crippen LogP contribution in [0.15, 0.2) is 84.1 Å². The van der Waals surface area contributed by atoms with Crippen molar-refractivity contribution >= 4 is 10.8 Å². The summed E-state index contributed by atoms with van der Waals surface area (Å²) in [6, 6.07) is 20.1. The molecule has 0 bridgehead atoms. The van der Waals surface area contributed by atoms with Crippen molar-refractivity contribution in [1.29, 1.82) is 0 Å². The van der Waals surface area contributed by atoms with E-state index >= 15 is 0 Å². The van der Waals surface area contributed by atoms with Gasteiger partial charge in [0.15, 0.2) is 0 Å². The van der Waals surface area contributed by atoms with Gasteiger partial charge in [0.1, 0.15) is 0 Å². The molecule has 1 heterocycles. The summed E-state index contributed by atoms with van der Waals surface area (Å²) < 4.78 is 0. The minimum atomic E-state index is 0. The fraction of sp³-hybridized carbons (Fsp3) is 0.250. The molecule has 164 valence electrons. The summed E-state index contributed by atoms with van der Waals surface area (Å²) in [5.74, 6) is 0.602. The second-order valence-electron chi connectivity index (χ2n) is 8.44. The summed E-state index contributed by atoms with van der Waals surface area (Å²) in [6.45, 7) is 8.76. The molecule has 0 saturated carbocycles. The van der Waals surface area contributed by atoms with Crippen LogP contribution in [-0.2, 0) is 26.2 Å². The number of halogens is 2. The average Bonchev–Trinajstić information content (AvgIpc) is 3.39. The van der Waals surface area contributed by atoms with Crippen LogP contribution in [0.25, 0.3) is 21.9 Å². The third-order valence-corrected chi connectivity index (χ3v) is 5.83. The van der Waals surface area contributed by atoms with E-state index in [0.29, 0.717) is 12.0 Å². The molecule has 0 radical (unpaired) electrons. The van der Waals surface area contributed by atoms with E-state index < -0.39 is 0 Å². The first kappa shape index (κ1) is 28.6. The molecule has 0 aromatic heterocycles. The van der Waals surface area contributed by atoms with E-state index in [1.165, 1.54) is 44.2 Å². The third-order valence-electron chi connectivity index (χ3n) is 5.83. The first-order chi connectivity index (χ1) is 13.9. The van der Waals surface area contributed by atoms with Crippen molar-refractivity contribution in [1.82, 2.24) is 4.90 Å². The van der Waals surface area contributed by atoms with Gasteiger partial charge in [0.2, 0.25) is 0 Å². The second-order valence-corrected chi connectivity index (χ2v) is 8.44. The molecule has 3 aromatic carbocycles. The summed E-state index contributed by atoms with van der Waals surface area (Å²) in [4.78, 5) is 2.22. The molecule has 32 heavy (non-hydrogen) atoms. The molecule has 1 aliphatic heterocycles. The molecule has 0 amide bonds. The molecular weight excluding hydrogens is 512 g/mol. The Bertz CT molecular complexity index is 1120. The molecular formula is C28H29Cl2NZr. The SMILES string of the molecule is CC(C)C1=CC2C(=[C-]1)C=CN2C.Cc1cc2c(-c3ccccc3)ccc(C)c2[cH-]1.[Cl-].[Cl-].[Zr+4]. The molecule has 1 nitrogen and oxygen atoms in total. The van der Waals surface area contributed by atoms with Crippen molar-refractivity contribution in [3.63, 3.8) is 0 Å². The normalized spacial score (nSPS) is 15.7. The molecule has 0 fully saturated rings. The molecule has 3 aromatic rings. The Balaban J connectivity index is 0.000000307. The fourth-order valence-electron chi connectivity index (χ4n) is 4.11. The van der Waals surface area contributed by atoms with E-state index in [1.807, 2.05) is 0 Å². The van der Waals surface area contributed by atoms with Crippen LogP contribution in [0.1, 0.15) is 25.0 Å². The maximum atomic E-state index is 3.43. The van der Waals surface area contributed by atoms with Gasteiger partial charge in [0.05, 0.1) is 0 Å². The van der Waals surface area contributed by atoms with Gasteiger partial charge in [-0.3, -0.25) is 0 Å². The van der Waals surface area contributed by atoms with Gasteiger partial charge < -0.3 is 29.7 Å². The smallest absolute Gasteiger partial charge is 1.00 e. The van der Waals surface area contributed by atoms with Gasteiger partial charge in [-0.05, 0) is 11.5 Å². The number of hydrogen-bond acceptors (Lipinski definition) is 1. The molecule has 0 saturated heterocycles. The molecule has 0 N–H and O–H groups in total. The number of likely N-dealkylation sites (N-methyl/N-ethyl adjacent to an activating group) is 1. The predicted octanol–water partition coefficient (Wildman–Crippen LogP) is 0.988. The van der Waals surface area contributed by atoms with Gasteiger partial charge in [0.25, 0.3) is 0 Å². The zero-order valence-electron chi connectivity index (χ0n) is 19.3. The first-order valence-electron chi connectivity index (χ1n) is 10.4. The monoisotopic (exact) mass is 539 g/mol. The van der Waals surface area contributed by atoms with Gasteiger partial charge in [-0.25, -0.2) is 0 Å². The van der Waals surface area contributed by atoms with Gasteiger partial charge in [0, 0.05) is 13.1 Å². The van der Waals surface area contributed by atoms with Crippen LogP contribution in [-0.4, -0.2) is 18.0 Å². The van der Waals surface area contributed by atoms with Crippen LogP contribution in [0, 0.1) is 25.8 Å².